The fraction of sp³-hybridized carbons (Fsp3) is 0.321. The van der Waals surface area contributed by atoms with Gasteiger partial charge in [0.2, 0.25) is 5.75 Å². The van der Waals surface area contributed by atoms with Crippen LogP contribution in [0.1, 0.15) is 25.2 Å². The Kier molecular flexibility index (Phi) is 6.15. The zero-order valence-electron chi connectivity index (χ0n) is 22.2. The number of methoxy groups -OCH3 is 1. The quantitative estimate of drug-likeness (QED) is 0.321. The Morgan fingerprint density at radius 2 is 1.62 bits per heavy atom. The van der Waals surface area contributed by atoms with E-state index in [4.69, 9.17) is 14.2 Å². The van der Waals surface area contributed by atoms with Crippen LogP contribution in [0.25, 0.3) is 38.8 Å². The van der Waals surface area contributed by atoms with Crippen LogP contribution >= 0.6 is 0 Å². The van der Waals surface area contributed by atoms with Crippen molar-refractivity contribution in [3.05, 3.63) is 58.4 Å². The number of aryl methyl sites for hydroxylation is 3. The Hall–Kier alpha value is -4.27. The number of pyridine rings is 1. The Bertz CT molecular complexity index is 1680. The molecule has 0 amide bonds. The maximum Gasteiger partial charge on any atom is 0.333 e. The molecule has 9 nitrogen and oxygen atoms in total. The second-order valence-corrected chi connectivity index (χ2v) is 8.92. The monoisotopic (exact) mass is 501 g/mol. The van der Waals surface area contributed by atoms with E-state index in [9.17, 15) is 4.79 Å². The maximum absolute atomic E-state index is 13.5. The number of ether oxygens (including phenoxy) is 3. The lowest BCUT2D eigenvalue weighted by Gasteiger charge is -2.16. The summed E-state index contributed by atoms with van der Waals surface area (Å²) in [6, 6.07) is 9.95. The fourth-order valence-corrected chi connectivity index (χ4v) is 4.94. The normalized spacial score (nSPS) is 11.4. The molecule has 0 aliphatic heterocycles. The van der Waals surface area contributed by atoms with Gasteiger partial charge < -0.3 is 14.2 Å². The molecule has 3 aromatic heterocycles. The average molecular weight is 502 g/mol. The van der Waals surface area contributed by atoms with Crippen LogP contribution in [0.3, 0.4) is 0 Å². The van der Waals surface area contributed by atoms with Crippen LogP contribution in [0, 0.1) is 13.8 Å². The molecule has 2 aromatic carbocycles. The van der Waals surface area contributed by atoms with E-state index < -0.39 is 0 Å². The first kappa shape index (κ1) is 24.4. The lowest BCUT2D eigenvalue weighted by Crippen LogP contribution is -2.21. The molecule has 0 bridgehead atoms. The summed E-state index contributed by atoms with van der Waals surface area (Å²) in [6.07, 6.45) is 1.75. The van der Waals surface area contributed by atoms with Crippen LogP contribution in [0.15, 0.2) is 41.3 Å². The first-order valence-corrected chi connectivity index (χ1v) is 12.3. The number of hydrogen-bond acceptors (Lipinski definition) is 6. The summed E-state index contributed by atoms with van der Waals surface area (Å²) in [5.74, 6) is 1.79. The van der Waals surface area contributed by atoms with Gasteiger partial charge in [-0.15, -0.1) is 0 Å². The van der Waals surface area contributed by atoms with Crippen LogP contribution in [-0.2, 0) is 14.1 Å². The third-order valence-corrected chi connectivity index (χ3v) is 6.74. The molecule has 0 saturated heterocycles. The topological polar surface area (TPSA) is 85.3 Å². The van der Waals surface area contributed by atoms with Gasteiger partial charge in [-0.25, -0.2) is 4.79 Å². The zero-order chi connectivity index (χ0) is 26.4. The van der Waals surface area contributed by atoms with Crippen molar-refractivity contribution in [1.82, 2.24) is 23.9 Å². The minimum atomic E-state index is -0.143. The van der Waals surface area contributed by atoms with E-state index >= 15 is 0 Å². The molecule has 0 fully saturated rings. The van der Waals surface area contributed by atoms with E-state index in [0.717, 1.165) is 50.1 Å². The molecule has 192 valence electrons. The van der Waals surface area contributed by atoms with E-state index in [1.54, 1.807) is 34.2 Å². The van der Waals surface area contributed by atoms with Crippen LogP contribution < -0.4 is 19.9 Å². The molecule has 5 aromatic rings. The van der Waals surface area contributed by atoms with Gasteiger partial charge in [0.05, 0.1) is 60.1 Å². The van der Waals surface area contributed by atoms with E-state index in [2.05, 4.69) is 16.1 Å². The van der Waals surface area contributed by atoms with Crippen molar-refractivity contribution in [2.45, 2.75) is 27.7 Å². The molecule has 0 radical (unpaired) electrons. The number of hydrogen-bond donors (Lipinski definition) is 0. The number of benzene rings is 2. The maximum atomic E-state index is 13.5. The van der Waals surface area contributed by atoms with Crippen LogP contribution in [0.5, 0.6) is 17.2 Å². The van der Waals surface area contributed by atoms with Crippen molar-refractivity contribution >= 4 is 21.9 Å². The summed E-state index contributed by atoms with van der Waals surface area (Å²) >= 11 is 0. The summed E-state index contributed by atoms with van der Waals surface area (Å²) < 4.78 is 22.6. The smallest absolute Gasteiger partial charge is 0.333 e. The number of imidazole rings is 1. The predicted octanol–water partition coefficient (Wildman–Crippen LogP) is 4.70. The lowest BCUT2D eigenvalue weighted by atomic mass is 10.0. The molecule has 9 heteroatoms. The summed E-state index contributed by atoms with van der Waals surface area (Å²) in [7, 11) is 5.26. The highest BCUT2D eigenvalue weighted by atomic mass is 16.5. The van der Waals surface area contributed by atoms with E-state index in [-0.39, 0.29) is 5.69 Å². The first-order chi connectivity index (χ1) is 17.8. The van der Waals surface area contributed by atoms with Crippen molar-refractivity contribution in [3.8, 4) is 34.1 Å². The van der Waals surface area contributed by atoms with Gasteiger partial charge in [0, 0.05) is 19.5 Å². The number of fused-ring (bicyclic) bond motifs is 3. The minimum Gasteiger partial charge on any atom is -0.490 e. The molecule has 37 heavy (non-hydrogen) atoms. The van der Waals surface area contributed by atoms with Crippen LogP contribution in [0.2, 0.25) is 0 Å². The third-order valence-electron chi connectivity index (χ3n) is 6.74. The van der Waals surface area contributed by atoms with E-state index in [1.807, 2.05) is 59.0 Å². The average Bonchev–Trinajstić information content (AvgIpc) is 3.29. The van der Waals surface area contributed by atoms with E-state index in [1.165, 1.54) is 0 Å². The van der Waals surface area contributed by atoms with Crippen molar-refractivity contribution < 1.29 is 14.2 Å². The second-order valence-electron chi connectivity index (χ2n) is 8.92. The Balaban J connectivity index is 1.83. The lowest BCUT2D eigenvalue weighted by molar-refractivity contribution is 0.282. The molecule has 3 heterocycles. The Morgan fingerprint density at radius 1 is 0.946 bits per heavy atom. The molecule has 0 atom stereocenters. The van der Waals surface area contributed by atoms with Crippen molar-refractivity contribution in [2.24, 2.45) is 14.1 Å². The highest BCUT2D eigenvalue weighted by Gasteiger charge is 2.22. The summed E-state index contributed by atoms with van der Waals surface area (Å²) in [4.78, 5) is 18.2. The molecule has 0 aliphatic carbocycles. The molecular formula is C28H31N5O4. The summed E-state index contributed by atoms with van der Waals surface area (Å²) in [5, 5.41) is 5.42. The summed E-state index contributed by atoms with van der Waals surface area (Å²) in [6.45, 7) is 8.74. The molecule has 0 saturated carbocycles. The van der Waals surface area contributed by atoms with Crippen LogP contribution in [-0.4, -0.2) is 44.2 Å². The second kappa shape index (κ2) is 9.31. The molecule has 0 aliphatic rings. The highest BCUT2D eigenvalue weighted by Crippen LogP contribution is 2.42. The Morgan fingerprint density at radius 3 is 2.19 bits per heavy atom. The van der Waals surface area contributed by atoms with Gasteiger partial charge in [-0.05, 0) is 63.1 Å². The van der Waals surface area contributed by atoms with Gasteiger partial charge in [-0.1, -0.05) is 6.07 Å². The largest absolute Gasteiger partial charge is 0.490 e. The van der Waals surface area contributed by atoms with Crippen molar-refractivity contribution in [2.75, 3.05) is 20.3 Å². The fourth-order valence-electron chi connectivity index (χ4n) is 4.94. The molecule has 0 N–H and O–H groups in total. The summed E-state index contributed by atoms with van der Waals surface area (Å²) in [5.41, 5.74) is 6.52. The van der Waals surface area contributed by atoms with Gasteiger partial charge in [0.25, 0.3) is 0 Å². The van der Waals surface area contributed by atoms with Crippen LogP contribution in [0.4, 0.5) is 0 Å². The van der Waals surface area contributed by atoms with Gasteiger partial charge in [0.1, 0.15) is 0 Å². The highest BCUT2D eigenvalue weighted by molar-refractivity contribution is 6.04. The first-order valence-electron chi connectivity index (χ1n) is 12.3. The predicted molar refractivity (Wildman–Crippen MR) is 144 cm³/mol. The van der Waals surface area contributed by atoms with Gasteiger partial charge >= 0.3 is 5.69 Å². The third kappa shape index (κ3) is 3.82. The molecular weight excluding hydrogens is 470 g/mol. The van der Waals surface area contributed by atoms with Crippen molar-refractivity contribution in [3.63, 3.8) is 0 Å². The van der Waals surface area contributed by atoms with Crippen molar-refractivity contribution in [1.29, 1.82) is 0 Å². The van der Waals surface area contributed by atoms with Gasteiger partial charge in [0.15, 0.2) is 11.5 Å². The molecule has 0 unspecified atom stereocenters. The molecule has 5 rings (SSSR count). The standard InChI is InChI=1S/C28H31N5O4/c1-8-36-23-13-19(14-24(37-9-2)27(23)35-7)18-10-11-21-20(12-18)26-22(15-29-21)31(5)28(34)33(26)25-16(3)30-32(6)17(25)4/h10-15H,8-9H2,1-7H3. The van der Waals surface area contributed by atoms with Gasteiger partial charge in [-0.3, -0.25) is 18.8 Å². The van der Waals surface area contributed by atoms with E-state index in [0.29, 0.717) is 30.5 Å². The molecule has 0 spiro atoms. The Labute approximate surface area is 214 Å². The number of nitrogens with zero attached hydrogens (tertiary/aromatic N) is 5. The number of rotatable bonds is 7. The number of aromatic nitrogens is 5. The van der Waals surface area contributed by atoms with Gasteiger partial charge in [-0.2, -0.15) is 5.10 Å². The SMILES string of the molecule is CCOc1cc(-c2ccc3ncc4c(c3c2)n(-c2c(C)nn(C)c2C)c(=O)n4C)cc(OCC)c1OC. The zero-order valence-corrected chi connectivity index (χ0v) is 22.2. The minimum absolute atomic E-state index is 0.143.